The van der Waals surface area contributed by atoms with Crippen molar-refractivity contribution in [2.24, 2.45) is 0 Å². The maximum atomic E-state index is 14.2. The van der Waals surface area contributed by atoms with Crippen LogP contribution in [0.2, 0.25) is 5.02 Å². The number of hydrogen-bond donors (Lipinski definition) is 0. The Morgan fingerprint density at radius 1 is 0.963 bits per heavy atom. The lowest BCUT2D eigenvalue weighted by molar-refractivity contribution is 0.569. The van der Waals surface area contributed by atoms with Crippen LogP contribution in [0.1, 0.15) is 11.1 Å². The van der Waals surface area contributed by atoms with Crippen LogP contribution in [0, 0.1) is 18.6 Å². The Hall–Kier alpha value is -2.44. The van der Waals surface area contributed by atoms with Gasteiger partial charge in [0.1, 0.15) is 11.6 Å². The molecule has 0 aliphatic carbocycles. The highest BCUT2D eigenvalue weighted by atomic mass is 35.5. The van der Waals surface area contributed by atoms with Gasteiger partial charge in [0, 0.05) is 16.7 Å². The van der Waals surface area contributed by atoms with E-state index in [1.165, 1.54) is 30.3 Å². The normalized spacial score (nSPS) is 11.4. The number of anilines is 1. The largest absolute Gasteiger partial charge is 0.264 e. The van der Waals surface area contributed by atoms with E-state index in [4.69, 9.17) is 11.6 Å². The monoisotopic (exact) mass is 407 g/mol. The van der Waals surface area contributed by atoms with Crippen molar-refractivity contribution in [2.75, 3.05) is 4.31 Å². The fourth-order valence-electron chi connectivity index (χ4n) is 2.64. The summed E-state index contributed by atoms with van der Waals surface area (Å²) >= 11 is 5.85. The van der Waals surface area contributed by atoms with Gasteiger partial charge in [-0.05, 0) is 55.0 Å². The van der Waals surface area contributed by atoms with Crippen molar-refractivity contribution in [1.82, 2.24) is 0 Å². The van der Waals surface area contributed by atoms with Crippen LogP contribution >= 0.6 is 11.6 Å². The standard InChI is InChI=1S/C20H16ClF2NO2S/c1-14-3-2-4-18(11-14)24(13-15-5-8-17(22)12-20(15)23)27(25,26)19-9-6-16(21)7-10-19/h2-12H,13H2,1H3. The molecule has 0 unspecified atom stereocenters. The average molecular weight is 408 g/mol. The van der Waals surface area contributed by atoms with Crippen molar-refractivity contribution in [1.29, 1.82) is 0 Å². The van der Waals surface area contributed by atoms with Gasteiger partial charge in [-0.2, -0.15) is 0 Å². The molecule has 0 spiro atoms. The molecule has 27 heavy (non-hydrogen) atoms. The second-order valence-electron chi connectivity index (χ2n) is 6.04. The molecular formula is C20H16ClF2NO2S. The predicted octanol–water partition coefficient (Wildman–Crippen LogP) is 5.32. The van der Waals surface area contributed by atoms with Gasteiger partial charge in [-0.3, -0.25) is 4.31 Å². The molecule has 0 heterocycles. The second kappa shape index (κ2) is 7.66. The molecule has 3 aromatic carbocycles. The SMILES string of the molecule is Cc1cccc(N(Cc2ccc(F)cc2F)S(=O)(=O)c2ccc(Cl)cc2)c1. The van der Waals surface area contributed by atoms with E-state index >= 15 is 0 Å². The summed E-state index contributed by atoms with van der Waals surface area (Å²) in [7, 11) is -4.00. The number of hydrogen-bond acceptors (Lipinski definition) is 2. The highest BCUT2D eigenvalue weighted by molar-refractivity contribution is 7.92. The van der Waals surface area contributed by atoms with E-state index in [-0.39, 0.29) is 17.0 Å². The van der Waals surface area contributed by atoms with E-state index in [1.54, 1.807) is 18.2 Å². The van der Waals surface area contributed by atoms with Crippen molar-refractivity contribution in [3.05, 3.63) is 94.5 Å². The van der Waals surface area contributed by atoms with E-state index in [0.717, 1.165) is 22.0 Å². The summed E-state index contributed by atoms with van der Waals surface area (Å²) in [6.45, 7) is 1.55. The summed E-state index contributed by atoms with van der Waals surface area (Å²) in [4.78, 5) is 0.0240. The molecule has 0 amide bonds. The average Bonchev–Trinajstić information content (AvgIpc) is 2.61. The first-order valence-electron chi connectivity index (χ1n) is 8.06. The molecule has 0 N–H and O–H groups in total. The third-order valence-corrected chi connectivity index (χ3v) is 6.06. The Kier molecular flexibility index (Phi) is 5.48. The lowest BCUT2D eigenvalue weighted by Crippen LogP contribution is -2.31. The van der Waals surface area contributed by atoms with Crippen molar-refractivity contribution in [2.45, 2.75) is 18.4 Å². The number of rotatable bonds is 5. The van der Waals surface area contributed by atoms with Gasteiger partial charge in [-0.15, -0.1) is 0 Å². The third kappa shape index (κ3) is 4.28. The van der Waals surface area contributed by atoms with Crippen LogP contribution in [-0.4, -0.2) is 8.42 Å². The zero-order valence-electron chi connectivity index (χ0n) is 14.4. The number of aryl methyl sites for hydroxylation is 1. The summed E-state index contributed by atoms with van der Waals surface area (Å²) < 4.78 is 54.9. The van der Waals surface area contributed by atoms with Crippen LogP contribution < -0.4 is 4.31 Å². The quantitative estimate of drug-likeness (QED) is 0.573. The first kappa shape index (κ1) is 19.3. The zero-order chi connectivity index (χ0) is 19.6. The van der Waals surface area contributed by atoms with E-state index in [0.29, 0.717) is 10.7 Å². The van der Waals surface area contributed by atoms with Crippen LogP contribution in [-0.2, 0) is 16.6 Å². The molecule has 0 aliphatic heterocycles. The topological polar surface area (TPSA) is 37.4 Å². The fraction of sp³-hybridized carbons (Fsp3) is 0.100. The van der Waals surface area contributed by atoms with Crippen LogP contribution in [0.3, 0.4) is 0 Å². The maximum Gasteiger partial charge on any atom is 0.264 e. The minimum absolute atomic E-state index is 0.0240. The van der Waals surface area contributed by atoms with E-state index in [1.807, 2.05) is 13.0 Å². The summed E-state index contributed by atoms with van der Waals surface area (Å²) in [5.41, 5.74) is 1.30. The molecular weight excluding hydrogens is 392 g/mol. The van der Waals surface area contributed by atoms with Gasteiger partial charge in [0.2, 0.25) is 0 Å². The minimum atomic E-state index is -4.00. The van der Waals surface area contributed by atoms with Gasteiger partial charge < -0.3 is 0 Å². The van der Waals surface area contributed by atoms with Crippen LogP contribution in [0.5, 0.6) is 0 Å². The van der Waals surface area contributed by atoms with Gasteiger partial charge in [-0.25, -0.2) is 17.2 Å². The van der Waals surface area contributed by atoms with E-state index in [2.05, 4.69) is 0 Å². The Morgan fingerprint density at radius 2 is 1.67 bits per heavy atom. The van der Waals surface area contributed by atoms with Gasteiger partial charge in [-0.1, -0.05) is 29.8 Å². The first-order chi connectivity index (χ1) is 12.8. The molecule has 7 heteroatoms. The number of halogens is 3. The molecule has 3 aromatic rings. The molecule has 3 rings (SSSR count). The van der Waals surface area contributed by atoms with E-state index in [9.17, 15) is 17.2 Å². The minimum Gasteiger partial charge on any atom is -0.262 e. The molecule has 0 aliphatic rings. The van der Waals surface area contributed by atoms with Crippen molar-refractivity contribution in [3.8, 4) is 0 Å². The highest BCUT2D eigenvalue weighted by Gasteiger charge is 2.26. The number of sulfonamides is 1. The number of nitrogens with zero attached hydrogens (tertiary/aromatic N) is 1. The maximum absolute atomic E-state index is 14.2. The Labute approximate surface area is 161 Å². The first-order valence-corrected chi connectivity index (χ1v) is 9.88. The summed E-state index contributed by atoms with van der Waals surface area (Å²) in [5.74, 6) is -1.53. The van der Waals surface area contributed by atoms with Crippen molar-refractivity contribution < 1.29 is 17.2 Å². The molecule has 3 nitrogen and oxygen atoms in total. The number of benzene rings is 3. The molecule has 140 valence electrons. The van der Waals surface area contributed by atoms with Gasteiger partial charge >= 0.3 is 0 Å². The van der Waals surface area contributed by atoms with Crippen LogP contribution in [0.25, 0.3) is 0 Å². The molecule has 0 atom stereocenters. The summed E-state index contributed by atoms with van der Waals surface area (Å²) in [6.07, 6.45) is 0. The summed E-state index contributed by atoms with van der Waals surface area (Å²) in [5, 5.41) is 0.403. The van der Waals surface area contributed by atoms with Gasteiger partial charge in [0.25, 0.3) is 10.0 Å². The zero-order valence-corrected chi connectivity index (χ0v) is 15.9. The third-order valence-electron chi connectivity index (χ3n) is 4.02. The van der Waals surface area contributed by atoms with E-state index < -0.39 is 21.7 Å². The summed E-state index contributed by atoms with van der Waals surface area (Å²) in [6, 6.07) is 15.7. The van der Waals surface area contributed by atoms with Crippen LogP contribution in [0.4, 0.5) is 14.5 Å². The molecule has 0 aromatic heterocycles. The van der Waals surface area contributed by atoms with Gasteiger partial charge in [0.15, 0.2) is 0 Å². The Balaban J connectivity index is 2.11. The fourth-order valence-corrected chi connectivity index (χ4v) is 4.20. The lowest BCUT2D eigenvalue weighted by Gasteiger charge is -2.25. The Bertz CT molecular complexity index is 1070. The van der Waals surface area contributed by atoms with Crippen LogP contribution in [0.15, 0.2) is 71.6 Å². The Morgan fingerprint density at radius 3 is 2.30 bits per heavy atom. The van der Waals surface area contributed by atoms with Crippen molar-refractivity contribution >= 4 is 27.3 Å². The molecule has 0 saturated heterocycles. The van der Waals surface area contributed by atoms with Crippen molar-refractivity contribution in [3.63, 3.8) is 0 Å². The molecule has 0 saturated carbocycles. The highest BCUT2D eigenvalue weighted by Crippen LogP contribution is 2.28. The smallest absolute Gasteiger partial charge is 0.262 e. The predicted molar refractivity (Wildman–Crippen MR) is 102 cm³/mol. The van der Waals surface area contributed by atoms with Gasteiger partial charge in [0.05, 0.1) is 17.1 Å². The molecule has 0 radical (unpaired) electrons. The molecule has 0 fully saturated rings. The second-order valence-corrected chi connectivity index (χ2v) is 8.34. The lowest BCUT2D eigenvalue weighted by atomic mass is 10.2. The molecule has 0 bridgehead atoms.